The molecular weight excluding hydrogens is 494 g/mol. The highest BCUT2D eigenvalue weighted by Crippen LogP contribution is 2.22. The third-order valence-electron chi connectivity index (χ3n) is 4.99. The van der Waals surface area contributed by atoms with Crippen LogP contribution in [-0.2, 0) is 26.2 Å². The average Bonchev–Trinajstić information content (AvgIpc) is 2.70. The number of amides is 2. The molecule has 7 nitrogen and oxygen atoms in total. The Hall–Kier alpha value is -2.39. The van der Waals surface area contributed by atoms with Gasteiger partial charge in [-0.05, 0) is 63.1 Å². The average molecular weight is 524 g/mol. The lowest BCUT2D eigenvalue weighted by molar-refractivity contribution is -0.139. The maximum atomic E-state index is 13.4. The van der Waals surface area contributed by atoms with Gasteiger partial charge in [0.25, 0.3) is 0 Å². The third kappa shape index (κ3) is 7.06. The minimum atomic E-state index is -3.74. The second-order valence-corrected chi connectivity index (χ2v) is 10.9. The fourth-order valence-electron chi connectivity index (χ4n) is 3.18. The molecule has 0 aliphatic carbocycles. The van der Waals surface area contributed by atoms with Crippen LogP contribution in [0.5, 0.6) is 0 Å². The zero-order chi connectivity index (χ0) is 24.1. The van der Waals surface area contributed by atoms with Crippen LogP contribution in [0.4, 0.5) is 5.69 Å². The second-order valence-electron chi connectivity index (χ2n) is 8.03. The van der Waals surface area contributed by atoms with Crippen LogP contribution in [0.25, 0.3) is 0 Å². The van der Waals surface area contributed by atoms with E-state index < -0.39 is 28.5 Å². The maximum absolute atomic E-state index is 13.4. The summed E-state index contributed by atoms with van der Waals surface area (Å²) in [5.74, 6) is -0.760. The first-order valence-electron chi connectivity index (χ1n) is 10.3. The molecule has 0 aliphatic heterocycles. The number of nitrogens with zero attached hydrogens (tertiary/aromatic N) is 2. The van der Waals surface area contributed by atoms with Crippen LogP contribution in [0.3, 0.4) is 0 Å². The zero-order valence-electron chi connectivity index (χ0n) is 19.0. The number of carbonyl (C=O) groups is 2. The molecular formula is C23H30BrN3O4S. The van der Waals surface area contributed by atoms with Crippen molar-refractivity contribution < 1.29 is 18.0 Å². The van der Waals surface area contributed by atoms with Crippen molar-refractivity contribution in [3.63, 3.8) is 0 Å². The maximum Gasteiger partial charge on any atom is 0.244 e. The van der Waals surface area contributed by atoms with E-state index in [2.05, 4.69) is 21.2 Å². The minimum Gasteiger partial charge on any atom is -0.352 e. The number of hydrogen-bond acceptors (Lipinski definition) is 4. The molecule has 0 unspecified atom stereocenters. The van der Waals surface area contributed by atoms with Crippen molar-refractivity contribution in [3.05, 3.63) is 64.1 Å². The number of halogens is 1. The Kier molecular flexibility index (Phi) is 8.86. The summed E-state index contributed by atoms with van der Waals surface area (Å²) in [6.45, 7) is 7.05. The summed E-state index contributed by atoms with van der Waals surface area (Å²) >= 11 is 3.33. The number of benzene rings is 2. The minimum absolute atomic E-state index is 0.0874. The lowest BCUT2D eigenvalue weighted by atomic mass is 10.1. The monoisotopic (exact) mass is 523 g/mol. The third-order valence-corrected chi connectivity index (χ3v) is 6.66. The Morgan fingerprint density at radius 1 is 1.03 bits per heavy atom. The fourth-order valence-corrected chi connectivity index (χ4v) is 4.29. The lowest BCUT2D eigenvalue weighted by Gasteiger charge is -2.32. The smallest absolute Gasteiger partial charge is 0.244 e. The molecule has 0 radical (unpaired) electrons. The van der Waals surface area contributed by atoms with E-state index in [0.717, 1.165) is 26.2 Å². The number of rotatable bonds is 9. The predicted octanol–water partition coefficient (Wildman–Crippen LogP) is 3.47. The van der Waals surface area contributed by atoms with Gasteiger partial charge in [0.05, 0.1) is 11.9 Å². The van der Waals surface area contributed by atoms with Gasteiger partial charge in [0, 0.05) is 17.1 Å². The summed E-state index contributed by atoms with van der Waals surface area (Å²) in [4.78, 5) is 27.6. The van der Waals surface area contributed by atoms with Gasteiger partial charge < -0.3 is 10.2 Å². The van der Waals surface area contributed by atoms with Gasteiger partial charge in [-0.1, -0.05) is 40.2 Å². The number of sulfonamides is 1. The number of hydrogen-bond donors (Lipinski definition) is 1. The van der Waals surface area contributed by atoms with Crippen molar-refractivity contribution >= 4 is 43.5 Å². The summed E-state index contributed by atoms with van der Waals surface area (Å²) in [6.07, 6.45) is 1.06. The highest BCUT2D eigenvalue weighted by Gasteiger charge is 2.30. The SMILES string of the molecule is Cc1ccccc1CN(C(=O)CN(c1ccc(Br)cc1)S(C)(=O)=O)[C@@H](C)C(=O)NC(C)C. The van der Waals surface area contributed by atoms with E-state index in [1.54, 1.807) is 31.2 Å². The quantitative estimate of drug-likeness (QED) is 0.545. The number of aryl methyl sites for hydroxylation is 1. The van der Waals surface area contributed by atoms with Crippen LogP contribution in [0.15, 0.2) is 53.0 Å². The molecule has 0 spiro atoms. The van der Waals surface area contributed by atoms with Gasteiger partial charge in [0.2, 0.25) is 21.8 Å². The van der Waals surface area contributed by atoms with E-state index in [0.29, 0.717) is 5.69 Å². The molecule has 9 heteroatoms. The Balaban J connectivity index is 2.39. The van der Waals surface area contributed by atoms with Crippen molar-refractivity contribution in [2.45, 2.75) is 46.3 Å². The van der Waals surface area contributed by atoms with Gasteiger partial charge in [0.1, 0.15) is 12.6 Å². The first kappa shape index (κ1) is 25.9. The number of carbonyl (C=O) groups excluding carboxylic acids is 2. The van der Waals surface area contributed by atoms with Crippen LogP contribution in [0.2, 0.25) is 0 Å². The molecule has 0 saturated carbocycles. The standard InChI is InChI=1S/C23H30BrN3O4S/c1-16(2)25-23(29)18(4)26(14-19-9-7-6-8-17(19)3)22(28)15-27(32(5,30)31)21-12-10-20(24)11-13-21/h6-13,16,18H,14-15H2,1-5H3,(H,25,29)/t18-/m0/s1. The first-order chi connectivity index (χ1) is 14.9. The zero-order valence-corrected chi connectivity index (χ0v) is 21.4. The summed E-state index contributed by atoms with van der Waals surface area (Å²) in [7, 11) is -3.74. The van der Waals surface area contributed by atoms with E-state index in [-0.39, 0.29) is 18.5 Å². The topological polar surface area (TPSA) is 86.8 Å². The van der Waals surface area contributed by atoms with Gasteiger partial charge in [0.15, 0.2) is 0 Å². The predicted molar refractivity (Wildman–Crippen MR) is 131 cm³/mol. The molecule has 1 atom stereocenters. The van der Waals surface area contributed by atoms with Crippen molar-refractivity contribution in [2.24, 2.45) is 0 Å². The molecule has 174 valence electrons. The van der Waals surface area contributed by atoms with E-state index in [4.69, 9.17) is 0 Å². The van der Waals surface area contributed by atoms with E-state index >= 15 is 0 Å². The summed E-state index contributed by atoms with van der Waals surface area (Å²) in [5.41, 5.74) is 2.24. The molecule has 2 aromatic rings. The van der Waals surface area contributed by atoms with Crippen molar-refractivity contribution in [1.29, 1.82) is 0 Å². The van der Waals surface area contributed by atoms with Crippen LogP contribution < -0.4 is 9.62 Å². The molecule has 0 aliphatic rings. The van der Waals surface area contributed by atoms with Crippen molar-refractivity contribution in [3.8, 4) is 0 Å². The summed E-state index contributed by atoms with van der Waals surface area (Å²) < 4.78 is 26.8. The van der Waals surface area contributed by atoms with Crippen molar-refractivity contribution in [1.82, 2.24) is 10.2 Å². The van der Waals surface area contributed by atoms with Crippen LogP contribution in [-0.4, -0.2) is 50.0 Å². The molecule has 0 heterocycles. The van der Waals surface area contributed by atoms with Crippen LogP contribution >= 0.6 is 15.9 Å². The molecule has 0 aromatic heterocycles. The Morgan fingerprint density at radius 2 is 1.62 bits per heavy atom. The first-order valence-corrected chi connectivity index (χ1v) is 12.9. The van der Waals surface area contributed by atoms with Crippen LogP contribution in [0.1, 0.15) is 31.9 Å². The highest BCUT2D eigenvalue weighted by molar-refractivity contribution is 9.10. The second kappa shape index (κ2) is 11.0. The van der Waals surface area contributed by atoms with Gasteiger partial charge in [-0.15, -0.1) is 0 Å². The molecule has 0 fully saturated rings. The molecule has 2 rings (SSSR count). The molecule has 0 saturated heterocycles. The van der Waals surface area contributed by atoms with Gasteiger partial charge in [-0.3, -0.25) is 13.9 Å². The lowest BCUT2D eigenvalue weighted by Crippen LogP contribution is -2.52. The highest BCUT2D eigenvalue weighted by atomic mass is 79.9. The van der Waals surface area contributed by atoms with E-state index in [9.17, 15) is 18.0 Å². The molecule has 0 bridgehead atoms. The molecule has 2 aromatic carbocycles. The van der Waals surface area contributed by atoms with Gasteiger partial charge >= 0.3 is 0 Å². The molecule has 1 N–H and O–H groups in total. The number of nitrogens with one attached hydrogen (secondary N) is 1. The van der Waals surface area contributed by atoms with Crippen molar-refractivity contribution in [2.75, 3.05) is 17.1 Å². The Labute approximate surface area is 199 Å². The van der Waals surface area contributed by atoms with Gasteiger partial charge in [-0.2, -0.15) is 0 Å². The summed E-state index contributed by atoms with van der Waals surface area (Å²) in [6, 6.07) is 13.4. The van der Waals surface area contributed by atoms with E-state index in [1.807, 2.05) is 45.0 Å². The number of anilines is 1. The fraction of sp³-hybridized carbons (Fsp3) is 0.391. The normalized spacial score (nSPS) is 12.3. The largest absolute Gasteiger partial charge is 0.352 e. The Bertz CT molecular complexity index is 1060. The summed E-state index contributed by atoms with van der Waals surface area (Å²) in [5, 5.41) is 2.83. The van der Waals surface area contributed by atoms with Crippen LogP contribution in [0, 0.1) is 6.92 Å². The van der Waals surface area contributed by atoms with Gasteiger partial charge in [-0.25, -0.2) is 8.42 Å². The Morgan fingerprint density at radius 3 is 2.16 bits per heavy atom. The van der Waals surface area contributed by atoms with E-state index in [1.165, 1.54) is 4.90 Å². The molecule has 2 amide bonds. The molecule has 32 heavy (non-hydrogen) atoms.